The number of rotatable bonds is 3. The highest BCUT2D eigenvalue weighted by Crippen LogP contribution is 2.32. The van der Waals surface area contributed by atoms with Crippen LogP contribution in [0, 0.1) is 0 Å². The first-order chi connectivity index (χ1) is 6.18. The van der Waals surface area contributed by atoms with Crippen molar-refractivity contribution in [2.45, 2.75) is 18.4 Å². The van der Waals surface area contributed by atoms with Crippen molar-refractivity contribution < 1.29 is 4.74 Å². The maximum absolute atomic E-state index is 5.87. The molecule has 13 heavy (non-hydrogen) atoms. The molecule has 0 saturated heterocycles. The predicted molar refractivity (Wildman–Crippen MR) is 53.1 cm³/mol. The van der Waals surface area contributed by atoms with Crippen molar-refractivity contribution in [1.82, 2.24) is 0 Å². The molecule has 2 nitrogen and oxygen atoms in total. The van der Waals surface area contributed by atoms with Gasteiger partial charge in [-0.15, -0.1) is 0 Å². The van der Waals surface area contributed by atoms with Crippen molar-refractivity contribution in [2.75, 3.05) is 6.61 Å². The molecule has 0 atom stereocenters. The molecule has 1 saturated carbocycles. The van der Waals surface area contributed by atoms with Gasteiger partial charge in [-0.05, 0) is 37.1 Å². The van der Waals surface area contributed by atoms with Crippen LogP contribution in [0.2, 0.25) is 5.02 Å². The first-order valence-corrected chi connectivity index (χ1v) is 4.73. The van der Waals surface area contributed by atoms with Gasteiger partial charge in [0.25, 0.3) is 0 Å². The average Bonchev–Trinajstić information content (AvgIpc) is 2.84. The van der Waals surface area contributed by atoms with Crippen LogP contribution in [-0.2, 0) is 0 Å². The molecule has 0 unspecified atom stereocenters. The lowest BCUT2D eigenvalue weighted by molar-refractivity contribution is 0.279. The van der Waals surface area contributed by atoms with Crippen LogP contribution in [0.4, 0.5) is 0 Å². The molecular formula is C10H12ClNO. The van der Waals surface area contributed by atoms with Gasteiger partial charge in [-0.25, -0.2) is 0 Å². The second-order valence-electron chi connectivity index (χ2n) is 3.60. The molecule has 70 valence electrons. The lowest BCUT2D eigenvalue weighted by atomic mass is 10.3. The summed E-state index contributed by atoms with van der Waals surface area (Å²) in [6.45, 7) is 0.606. The Balaban J connectivity index is 1.91. The Morgan fingerprint density at radius 2 is 1.92 bits per heavy atom. The zero-order valence-corrected chi connectivity index (χ0v) is 8.05. The number of nitrogens with two attached hydrogens (primary N) is 1. The van der Waals surface area contributed by atoms with Crippen molar-refractivity contribution in [3.05, 3.63) is 29.3 Å². The third-order valence-electron chi connectivity index (χ3n) is 2.23. The molecule has 0 heterocycles. The quantitative estimate of drug-likeness (QED) is 0.807. The summed E-state index contributed by atoms with van der Waals surface area (Å²) < 4.78 is 5.50. The topological polar surface area (TPSA) is 35.2 Å². The minimum Gasteiger partial charge on any atom is -0.492 e. The molecule has 0 amide bonds. The molecule has 0 spiro atoms. The van der Waals surface area contributed by atoms with Crippen LogP contribution in [0.5, 0.6) is 5.75 Å². The minimum atomic E-state index is -0.0559. The van der Waals surface area contributed by atoms with E-state index in [0.29, 0.717) is 6.61 Å². The summed E-state index contributed by atoms with van der Waals surface area (Å²) in [7, 11) is 0. The summed E-state index contributed by atoms with van der Waals surface area (Å²) in [6.07, 6.45) is 2.14. The van der Waals surface area contributed by atoms with Crippen LogP contribution >= 0.6 is 11.6 Å². The smallest absolute Gasteiger partial charge is 0.119 e. The molecule has 1 aromatic carbocycles. The Hall–Kier alpha value is -0.730. The lowest BCUT2D eigenvalue weighted by Crippen LogP contribution is -2.29. The van der Waals surface area contributed by atoms with E-state index in [9.17, 15) is 0 Å². The fourth-order valence-corrected chi connectivity index (χ4v) is 1.19. The second kappa shape index (κ2) is 3.20. The van der Waals surface area contributed by atoms with Gasteiger partial charge >= 0.3 is 0 Å². The summed E-state index contributed by atoms with van der Waals surface area (Å²) >= 11 is 5.73. The largest absolute Gasteiger partial charge is 0.492 e. The highest BCUT2D eigenvalue weighted by Gasteiger charge is 2.39. The van der Waals surface area contributed by atoms with E-state index in [-0.39, 0.29) is 5.54 Å². The monoisotopic (exact) mass is 197 g/mol. The normalized spacial score (nSPS) is 18.3. The van der Waals surface area contributed by atoms with E-state index in [1.54, 1.807) is 0 Å². The minimum absolute atomic E-state index is 0.0559. The summed E-state index contributed by atoms with van der Waals surface area (Å²) in [5, 5.41) is 0.723. The zero-order valence-electron chi connectivity index (χ0n) is 7.29. The van der Waals surface area contributed by atoms with Crippen LogP contribution in [0.15, 0.2) is 24.3 Å². The van der Waals surface area contributed by atoms with E-state index in [1.165, 1.54) is 0 Å². The van der Waals surface area contributed by atoms with Crippen LogP contribution in [-0.4, -0.2) is 12.1 Å². The van der Waals surface area contributed by atoms with Crippen LogP contribution in [0.3, 0.4) is 0 Å². The maximum Gasteiger partial charge on any atom is 0.119 e. The number of ether oxygens (including phenoxy) is 1. The molecule has 1 aliphatic carbocycles. The fourth-order valence-electron chi connectivity index (χ4n) is 1.06. The molecular weight excluding hydrogens is 186 g/mol. The molecule has 0 aliphatic heterocycles. The van der Waals surface area contributed by atoms with Crippen molar-refractivity contribution in [3.63, 3.8) is 0 Å². The Morgan fingerprint density at radius 3 is 2.46 bits per heavy atom. The van der Waals surface area contributed by atoms with E-state index >= 15 is 0 Å². The Morgan fingerprint density at radius 1 is 1.31 bits per heavy atom. The Labute approximate surface area is 82.6 Å². The van der Waals surface area contributed by atoms with Crippen LogP contribution in [0.25, 0.3) is 0 Å². The molecule has 2 N–H and O–H groups in total. The van der Waals surface area contributed by atoms with Crippen molar-refractivity contribution in [1.29, 1.82) is 0 Å². The molecule has 3 heteroatoms. The summed E-state index contributed by atoms with van der Waals surface area (Å²) in [4.78, 5) is 0. The second-order valence-corrected chi connectivity index (χ2v) is 4.04. The van der Waals surface area contributed by atoms with E-state index < -0.39 is 0 Å². The van der Waals surface area contributed by atoms with Crippen molar-refractivity contribution >= 4 is 11.6 Å². The number of halogens is 1. The standard InChI is InChI=1S/C10H12ClNO/c11-8-1-3-9(4-2-8)13-7-10(12)5-6-10/h1-4H,5-7,12H2. The SMILES string of the molecule is NC1(COc2ccc(Cl)cc2)CC1. The van der Waals surface area contributed by atoms with Gasteiger partial charge in [0.2, 0.25) is 0 Å². The molecule has 1 fully saturated rings. The van der Waals surface area contributed by atoms with Crippen LogP contribution in [0.1, 0.15) is 12.8 Å². The van der Waals surface area contributed by atoms with Crippen LogP contribution < -0.4 is 10.5 Å². The van der Waals surface area contributed by atoms with E-state index in [4.69, 9.17) is 22.1 Å². The predicted octanol–water partition coefficient (Wildman–Crippen LogP) is 2.21. The average molecular weight is 198 g/mol. The summed E-state index contributed by atoms with van der Waals surface area (Å²) in [5.41, 5.74) is 5.82. The van der Waals surface area contributed by atoms with Gasteiger partial charge in [0, 0.05) is 5.02 Å². The number of hydrogen-bond donors (Lipinski definition) is 1. The maximum atomic E-state index is 5.87. The summed E-state index contributed by atoms with van der Waals surface area (Å²) in [6, 6.07) is 7.34. The third kappa shape index (κ3) is 2.36. The van der Waals surface area contributed by atoms with E-state index in [2.05, 4.69) is 0 Å². The van der Waals surface area contributed by atoms with Gasteiger partial charge in [0.1, 0.15) is 12.4 Å². The van der Waals surface area contributed by atoms with Crippen molar-refractivity contribution in [2.24, 2.45) is 5.73 Å². The molecule has 1 aliphatic rings. The van der Waals surface area contributed by atoms with Gasteiger partial charge in [0.05, 0.1) is 5.54 Å². The zero-order chi connectivity index (χ0) is 9.31. The molecule has 0 aromatic heterocycles. The van der Waals surface area contributed by atoms with Gasteiger partial charge in [-0.1, -0.05) is 11.6 Å². The molecule has 1 aromatic rings. The Kier molecular flexibility index (Phi) is 2.18. The fraction of sp³-hybridized carbons (Fsp3) is 0.400. The highest BCUT2D eigenvalue weighted by molar-refractivity contribution is 6.30. The number of hydrogen-bond acceptors (Lipinski definition) is 2. The van der Waals surface area contributed by atoms with E-state index in [0.717, 1.165) is 23.6 Å². The van der Waals surface area contributed by atoms with Gasteiger partial charge in [-0.2, -0.15) is 0 Å². The first kappa shape index (κ1) is 8.85. The van der Waals surface area contributed by atoms with E-state index in [1.807, 2.05) is 24.3 Å². The first-order valence-electron chi connectivity index (χ1n) is 4.35. The molecule has 2 rings (SSSR count). The summed E-state index contributed by atoms with van der Waals surface area (Å²) in [5.74, 6) is 0.834. The third-order valence-corrected chi connectivity index (χ3v) is 2.48. The molecule has 0 bridgehead atoms. The van der Waals surface area contributed by atoms with Gasteiger partial charge in [-0.3, -0.25) is 0 Å². The number of benzene rings is 1. The van der Waals surface area contributed by atoms with Crippen molar-refractivity contribution in [3.8, 4) is 5.75 Å². The van der Waals surface area contributed by atoms with Gasteiger partial charge in [0.15, 0.2) is 0 Å². The highest BCUT2D eigenvalue weighted by atomic mass is 35.5. The Bertz CT molecular complexity index is 292. The lowest BCUT2D eigenvalue weighted by Gasteiger charge is -2.10. The molecule has 0 radical (unpaired) electrons. The van der Waals surface area contributed by atoms with Gasteiger partial charge < -0.3 is 10.5 Å².